The van der Waals surface area contributed by atoms with Crippen molar-refractivity contribution >= 4 is 28.1 Å². The third-order valence-electron chi connectivity index (χ3n) is 1.45. The molecular weight excluding hydrogens is 214 g/mol. The number of benzene rings is 1. The van der Waals surface area contributed by atoms with Gasteiger partial charge in [0.05, 0.1) is 15.7 Å². The van der Waals surface area contributed by atoms with Crippen LogP contribution in [0.1, 0.15) is 0 Å². The number of nitrogens with zero attached hydrogens (tertiary/aromatic N) is 1. The van der Waals surface area contributed by atoms with Gasteiger partial charge in [0.1, 0.15) is 5.02 Å². The van der Waals surface area contributed by atoms with Gasteiger partial charge in [-0.1, -0.05) is 11.6 Å². The zero-order chi connectivity index (χ0) is 10.0. The largest absolute Gasteiger partial charge is 0.289 e. The number of nitro benzene ring substituents is 1. The Morgan fingerprint density at radius 2 is 2.15 bits per heavy atom. The molecule has 0 saturated carbocycles. The lowest BCUT2D eigenvalue weighted by atomic mass is 10.3. The molecule has 0 saturated heterocycles. The first-order valence-corrected chi connectivity index (χ1v) is 5.23. The third-order valence-corrected chi connectivity index (χ3v) is 2.68. The molecule has 0 aliphatic heterocycles. The van der Waals surface area contributed by atoms with E-state index >= 15 is 0 Å². The van der Waals surface area contributed by atoms with Crippen molar-refractivity contribution in [3.8, 4) is 0 Å². The predicted octanol–water partition coefficient (Wildman–Crippen LogP) is 1.99. The van der Waals surface area contributed by atoms with E-state index in [9.17, 15) is 14.3 Å². The average molecular weight is 220 g/mol. The minimum atomic E-state index is -1.23. The van der Waals surface area contributed by atoms with Crippen LogP contribution in [-0.4, -0.2) is 15.4 Å². The van der Waals surface area contributed by atoms with Crippen LogP contribution in [0.2, 0.25) is 5.02 Å². The van der Waals surface area contributed by atoms with Crippen LogP contribution >= 0.6 is 11.6 Å². The molecule has 6 heteroatoms. The number of hydrogen-bond donors (Lipinski definition) is 0. The van der Waals surface area contributed by atoms with Gasteiger partial charge in [0, 0.05) is 17.2 Å². The Hall–Kier alpha value is -0.940. The van der Waals surface area contributed by atoms with Crippen molar-refractivity contribution in [2.75, 3.05) is 6.26 Å². The molecule has 0 aromatic heterocycles. The number of hydrogen-bond acceptors (Lipinski definition) is 3. The van der Waals surface area contributed by atoms with Gasteiger partial charge in [-0.25, -0.2) is 0 Å². The normalized spacial score (nSPS) is 12.5. The Bertz CT molecular complexity index is 380. The molecule has 70 valence electrons. The van der Waals surface area contributed by atoms with Crippen LogP contribution in [-0.2, 0) is 10.8 Å². The zero-order valence-corrected chi connectivity index (χ0v) is 8.26. The van der Waals surface area contributed by atoms with E-state index in [1.54, 1.807) is 0 Å². The molecule has 0 radical (unpaired) electrons. The highest BCUT2D eigenvalue weighted by Crippen LogP contribution is 2.25. The number of rotatable bonds is 2. The lowest BCUT2D eigenvalue weighted by Gasteiger charge is -1.97. The van der Waals surface area contributed by atoms with Crippen molar-refractivity contribution < 1.29 is 9.13 Å². The van der Waals surface area contributed by atoms with Crippen LogP contribution in [0.15, 0.2) is 23.1 Å². The summed E-state index contributed by atoms with van der Waals surface area (Å²) in [5.74, 6) is 0. The van der Waals surface area contributed by atoms with Crippen molar-refractivity contribution in [3.05, 3.63) is 33.3 Å². The molecule has 4 nitrogen and oxygen atoms in total. The van der Waals surface area contributed by atoms with E-state index in [1.165, 1.54) is 24.5 Å². The first-order chi connectivity index (χ1) is 6.02. The van der Waals surface area contributed by atoms with Crippen molar-refractivity contribution in [3.63, 3.8) is 0 Å². The number of halogens is 1. The maximum atomic E-state index is 11.0. The third kappa shape index (κ3) is 2.26. The molecule has 1 rings (SSSR count). The monoisotopic (exact) mass is 219 g/mol. The summed E-state index contributed by atoms with van der Waals surface area (Å²) in [4.78, 5) is 10.2. The average Bonchev–Trinajstić information content (AvgIpc) is 2.04. The lowest BCUT2D eigenvalue weighted by molar-refractivity contribution is -0.384. The summed E-state index contributed by atoms with van der Waals surface area (Å²) in [5, 5.41) is 10.5. The van der Waals surface area contributed by atoms with Crippen LogP contribution in [0.25, 0.3) is 0 Å². The van der Waals surface area contributed by atoms with Gasteiger partial charge >= 0.3 is 0 Å². The summed E-state index contributed by atoms with van der Waals surface area (Å²) >= 11 is 5.56. The lowest BCUT2D eigenvalue weighted by Crippen LogP contribution is -1.93. The van der Waals surface area contributed by atoms with E-state index < -0.39 is 15.7 Å². The highest BCUT2D eigenvalue weighted by molar-refractivity contribution is 7.84. The summed E-state index contributed by atoms with van der Waals surface area (Å²) in [6.45, 7) is 0. The molecule has 13 heavy (non-hydrogen) atoms. The predicted molar refractivity (Wildman–Crippen MR) is 50.4 cm³/mol. The van der Waals surface area contributed by atoms with Gasteiger partial charge in [-0.05, 0) is 12.1 Å². The molecule has 1 aromatic carbocycles. The van der Waals surface area contributed by atoms with E-state index in [0.29, 0.717) is 4.90 Å². The molecule has 0 N–H and O–H groups in total. The topological polar surface area (TPSA) is 60.2 Å². The van der Waals surface area contributed by atoms with Gasteiger partial charge in [-0.2, -0.15) is 0 Å². The molecule has 0 aliphatic carbocycles. The molecule has 0 aliphatic rings. The summed E-state index contributed by atoms with van der Waals surface area (Å²) in [6.07, 6.45) is 1.45. The van der Waals surface area contributed by atoms with Crippen molar-refractivity contribution in [1.29, 1.82) is 0 Å². The fourth-order valence-corrected chi connectivity index (χ4v) is 1.54. The van der Waals surface area contributed by atoms with E-state index in [2.05, 4.69) is 0 Å². The summed E-state index contributed by atoms with van der Waals surface area (Å²) in [5.41, 5.74) is -0.214. The maximum Gasteiger partial charge on any atom is 0.289 e. The molecule has 0 heterocycles. The molecule has 0 bridgehead atoms. The Morgan fingerprint density at radius 3 is 2.62 bits per heavy atom. The quantitative estimate of drug-likeness (QED) is 0.565. The van der Waals surface area contributed by atoms with Gasteiger partial charge in [-0.3, -0.25) is 14.3 Å². The second-order valence-corrected chi connectivity index (χ2v) is 4.11. The van der Waals surface area contributed by atoms with Crippen LogP contribution in [0.3, 0.4) is 0 Å². The number of nitro groups is 1. The Kier molecular flexibility index (Phi) is 3.00. The van der Waals surface area contributed by atoms with Crippen LogP contribution in [0.4, 0.5) is 5.69 Å². The molecule has 1 atom stereocenters. The molecule has 0 spiro atoms. The maximum absolute atomic E-state index is 11.0. The van der Waals surface area contributed by atoms with Gasteiger partial charge in [-0.15, -0.1) is 0 Å². The van der Waals surface area contributed by atoms with Gasteiger partial charge in [0.25, 0.3) is 5.69 Å². The van der Waals surface area contributed by atoms with Gasteiger partial charge < -0.3 is 0 Å². The van der Waals surface area contributed by atoms with E-state index in [4.69, 9.17) is 11.6 Å². The fourth-order valence-electron chi connectivity index (χ4n) is 0.811. The highest BCUT2D eigenvalue weighted by atomic mass is 35.5. The van der Waals surface area contributed by atoms with Crippen molar-refractivity contribution in [2.24, 2.45) is 0 Å². The minimum Gasteiger partial charge on any atom is -0.258 e. The van der Waals surface area contributed by atoms with Gasteiger partial charge in [0.2, 0.25) is 0 Å². The molecule has 0 amide bonds. The van der Waals surface area contributed by atoms with Crippen LogP contribution < -0.4 is 0 Å². The SMILES string of the molecule is CS(=O)c1ccc(Cl)c([N+](=O)[O-])c1. The second kappa shape index (κ2) is 3.85. The van der Waals surface area contributed by atoms with Crippen LogP contribution in [0.5, 0.6) is 0 Å². The first kappa shape index (κ1) is 10.1. The summed E-state index contributed by atoms with van der Waals surface area (Å²) in [6, 6.07) is 4.10. The van der Waals surface area contributed by atoms with E-state index in [-0.39, 0.29) is 10.7 Å². The Morgan fingerprint density at radius 1 is 1.54 bits per heavy atom. The first-order valence-electron chi connectivity index (χ1n) is 3.29. The zero-order valence-electron chi connectivity index (χ0n) is 6.69. The van der Waals surface area contributed by atoms with Crippen LogP contribution in [0, 0.1) is 10.1 Å². The fraction of sp³-hybridized carbons (Fsp3) is 0.143. The molecular formula is C7H6ClNO3S. The van der Waals surface area contributed by atoms with E-state index in [0.717, 1.165) is 0 Å². The summed E-state index contributed by atoms with van der Waals surface area (Å²) < 4.78 is 11.0. The van der Waals surface area contributed by atoms with Crippen molar-refractivity contribution in [1.82, 2.24) is 0 Å². The summed E-state index contributed by atoms with van der Waals surface area (Å²) in [7, 11) is -1.23. The van der Waals surface area contributed by atoms with Crippen molar-refractivity contribution in [2.45, 2.75) is 4.90 Å². The Labute approximate surface area is 82.1 Å². The van der Waals surface area contributed by atoms with Gasteiger partial charge in [0.15, 0.2) is 0 Å². The molecule has 0 fully saturated rings. The molecule has 1 aromatic rings. The second-order valence-electron chi connectivity index (χ2n) is 2.32. The smallest absolute Gasteiger partial charge is 0.258 e. The highest BCUT2D eigenvalue weighted by Gasteiger charge is 2.13. The minimum absolute atomic E-state index is 0.0548. The Balaban J connectivity index is 3.27. The molecule has 1 unspecified atom stereocenters. The van der Waals surface area contributed by atoms with E-state index in [1.807, 2.05) is 0 Å². The standard InChI is InChI=1S/C7H6ClNO3S/c1-13(12)5-2-3-6(8)7(4-5)9(10)11/h2-4H,1H3.